The van der Waals surface area contributed by atoms with E-state index in [1.54, 1.807) is 0 Å². The minimum Gasteiger partial charge on any atom is -0.352 e. The van der Waals surface area contributed by atoms with Gasteiger partial charge in [-0.3, -0.25) is 9.59 Å². The van der Waals surface area contributed by atoms with Crippen molar-refractivity contribution in [3.63, 3.8) is 0 Å². The third kappa shape index (κ3) is 4.43. The number of rotatable bonds is 5. The van der Waals surface area contributed by atoms with E-state index in [-0.39, 0.29) is 23.0 Å². The molecule has 0 aromatic heterocycles. The van der Waals surface area contributed by atoms with E-state index in [2.05, 4.69) is 33.0 Å². The number of carbonyl (C=O) groups excluding carboxylic acids is 2. The van der Waals surface area contributed by atoms with Gasteiger partial charge >= 0.3 is 0 Å². The van der Waals surface area contributed by atoms with Crippen LogP contribution in [0.25, 0.3) is 0 Å². The Labute approximate surface area is 139 Å². The van der Waals surface area contributed by atoms with Crippen LogP contribution in [0.15, 0.2) is 18.2 Å². The van der Waals surface area contributed by atoms with Crippen LogP contribution in [0.2, 0.25) is 0 Å². The van der Waals surface area contributed by atoms with Gasteiger partial charge in [0.15, 0.2) is 5.78 Å². The lowest BCUT2D eigenvalue weighted by atomic mass is 9.79. The van der Waals surface area contributed by atoms with Crippen LogP contribution in [0, 0.1) is 11.3 Å². The molecule has 1 N–H and O–H groups in total. The van der Waals surface area contributed by atoms with Gasteiger partial charge < -0.3 is 5.32 Å². The molecule has 23 heavy (non-hydrogen) atoms. The van der Waals surface area contributed by atoms with Crippen molar-refractivity contribution in [1.82, 2.24) is 5.32 Å². The first kappa shape index (κ1) is 17.7. The topological polar surface area (TPSA) is 46.2 Å². The molecule has 1 amide bonds. The third-order valence-electron chi connectivity index (χ3n) is 4.60. The number of carbonyl (C=O) groups is 2. The van der Waals surface area contributed by atoms with Crippen molar-refractivity contribution >= 4 is 11.7 Å². The third-order valence-corrected chi connectivity index (χ3v) is 4.60. The Morgan fingerprint density at radius 1 is 1.30 bits per heavy atom. The predicted molar refractivity (Wildman–Crippen MR) is 93.9 cm³/mol. The number of Topliss-reactive ketones (excluding diaryl/α,β-unsaturated/α-hetero) is 1. The molecule has 0 fully saturated rings. The van der Waals surface area contributed by atoms with Gasteiger partial charge in [-0.05, 0) is 42.7 Å². The van der Waals surface area contributed by atoms with Gasteiger partial charge in [-0.2, -0.15) is 0 Å². The average molecular weight is 315 g/mol. The Morgan fingerprint density at radius 2 is 2.04 bits per heavy atom. The van der Waals surface area contributed by atoms with Crippen LogP contribution in [-0.4, -0.2) is 18.2 Å². The summed E-state index contributed by atoms with van der Waals surface area (Å²) in [6.07, 6.45) is 4.60. The molecule has 0 aliphatic heterocycles. The number of ketones is 1. The monoisotopic (exact) mass is 315 g/mol. The molecule has 0 radical (unpaired) electrons. The Kier molecular flexibility index (Phi) is 5.61. The second kappa shape index (κ2) is 7.29. The molecule has 1 aliphatic carbocycles. The summed E-state index contributed by atoms with van der Waals surface area (Å²) >= 11 is 0. The summed E-state index contributed by atoms with van der Waals surface area (Å²) in [5.74, 6) is 0.303. The second-order valence-corrected chi connectivity index (χ2v) is 7.79. The molecule has 126 valence electrons. The lowest BCUT2D eigenvalue weighted by molar-refractivity contribution is 0.0893. The van der Waals surface area contributed by atoms with Gasteiger partial charge in [-0.1, -0.05) is 46.2 Å². The van der Waals surface area contributed by atoms with Gasteiger partial charge in [0.05, 0.1) is 0 Å². The molecule has 3 heteroatoms. The molecular formula is C20H29NO2. The fraction of sp³-hybridized carbons (Fsp3) is 0.600. The first-order valence-corrected chi connectivity index (χ1v) is 8.78. The van der Waals surface area contributed by atoms with Gasteiger partial charge in [0, 0.05) is 23.6 Å². The Morgan fingerprint density at radius 3 is 2.70 bits per heavy atom. The minimum atomic E-state index is -0.0483. The zero-order valence-electron chi connectivity index (χ0n) is 14.9. The van der Waals surface area contributed by atoms with Crippen LogP contribution in [0.3, 0.4) is 0 Å². The molecule has 0 bridgehead atoms. The van der Waals surface area contributed by atoms with E-state index in [9.17, 15) is 9.59 Å². The van der Waals surface area contributed by atoms with Crippen molar-refractivity contribution < 1.29 is 9.59 Å². The predicted octanol–water partition coefficient (Wildman–Crippen LogP) is 4.40. The standard InChI is InChI=1S/C20H29NO2/c1-5-7-14-10-11-15-16(18(14)22)8-6-9-17(15)19(23)21-13-12-20(2,3)4/h6,8-9,14H,5,7,10-13H2,1-4H3,(H,21,23). The summed E-state index contributed by atoms with van der Waals surface area (Å²) in [5.41, 5.74) is 2.59. The van der Waals surface area contributed by atoms with Gasteiger partial charge in [-0.25, -0.2) is 0 Å². The Bertz CT molecular complexity index is 584. The van der Waals surface area contributed by atoms with Crippen molar-refractivity contribution in [3.05, 3.63) is 34.9 Å². The maximum atomic E-state index is 12.6. The van der Waals surface area contributed by atoms with E-state index in [0.717, 1.165) is 43.2 Å². The molecular weight excluding hydrogens is 286 g/mol. The van der Waals surface area contributed by atoms with E-state index in [0.29, 0.717) is 12.1 Å². The number of benzene rings is 1. The van der Waals surface area contributed by atoms with Crippen molar-refractivity contribution in [2.75, 3.05) is 6.54 Å². The quantitative estimate of drug-likeness (QED) is 0.875. The van der Waals surface area contributed by atoms with Gasteiger partial charge in [-0.15, -0.1) is 0 Å². The van der Waals surface area contributed by atoms with E-state index >= 15 is 0 Å². The molecule has 0 saturated heterocycles. The minimum absolute atomic E-state index is 0.0483. The maximum Gasteiger partial charge on any atom is 0.251 e. The summed E-state index contributed by atoms with van der Waals surface area (Å²) in [7, 11) is 0. The first-order chi connectivity index (χ1) is 10.8. The highest BCUT2D eigenvalue weighted by molar-refractivity contribution is 6.04. The highest BCUT2D eigenvalue weighted by Gasteiger charge is 2.29. The fourth-order valence-electron chi connectivity index (χ4n) is 3.24. The average Bonchev–Trinajstić information content (AvgIpc) is 2.48. The Hall–Kier alpha value is -1.64. The Balaban J connectivity index is 2.13. The molecule has 3 nitrogen and oxygen atoms in total. The van der Waals surface area contributed by atoms with Crippen LogP contribution < -0.4 is 5.32 Å². The zero-order chi connectivity index (χ0) is 17.0. The van der Waals surface area contributed by atoms with Crippen LogP contribution in [0.1, 0.15) is 79.7 Å². The molecule has 0 spiro atoms. The van der Waals surface area contributed by atoms with Crippen molar-refractivity contribution in [2.24, 2.45) is 11.3 Å². The highest BCUT2D eigenvalue weighted by atomic mass is 16.1. The van der Waals surface area contributed by atoms with Gasteiger partial charge in [0.25, 0.3) is 5.91 Å². The fourth-order valence-corrected chi connectivity index (χ4v) is 3.24. The highest BCUT2D eigenvalue weighted by Crippen LogP contribution is 2.30. The van der Waals surface area contributed by atoms with Crippen LogP contribution in [0.4, 0.5) is 0 Å². The zero-order valence-corrected chi connectivity index (χ0v) is 14.9. The lowest BCUT2D eigenvalue weighted by Gasteiger charge is -2.25. The van der Waals surface area contributed by atoms with Crippen LogP contribution in [0.5, 0.6) is 0 Å². The second-order valence-electron chi connectivity index (χ2n) is 7.79. The van der Waals surface area contributed by atoms with E-state index in [4.69, 9.17) is 0 Å². The van der Waals surface area contributed by atoms with Crippen LogP contribution in [-0.2, 0) is 6.42 Å². The molecule has 2 rings (SSSR count). The van der Waals surface area contributed by atoms with Crippen molar-refractivity contribution in [1.29, 1.82) is 0 Å². The number of hydrogen-bond acceptors (Lipinski definition) is 2. The van der Waals surface area contributed by atoms with E-state index in [1.807, 2.05) is 18.2 Å². The molecule has 1 aromatic rings. The first-order valence-electron chi connectivity index (χ1n) is 8.78. The van der Waals surface area contributed by atoms with Crippen molar-refractivity contribution in [2.45, 2.75) is 59.8 Å². The lowest BCUT2D eigenvalue weighted by Crippen LogP contribution is -2.30. The molecule has 1 unspecified atom stereocenters. The largest absolute Gasteiger partial charge is 0.352 e. The molecule has 1 aliphatic rings. The summed E-state index contributed by atoms with van der Waals surface area (Å²) in [4.78, 5) is 25.1. The SMILES string of the molecule is CCCC1CCc2c(C(=O)NCCC(C)(C)C)cccc2C1=O. The normalized spacial score (nSPS) is 17.7. The number of amides is 1. The molecule has 1 atom stereocenters. The molecule has 0 heterocycles. The number of hydrogen-bond donors (Lipinski definition) is 1. The summed E-state index contributed by atoms with van der Waals surface area (Å²) in [5, 5.41) is 3.01. The smallest absolute Gasteiger partial charge is 0.251 e. The van der Waals surface area contributed by atoms with Crippen LogP contribution >= 0.6 is 0 Å². The van der Waals surface area contributed by atoms with Gasteiger partial charge in [0.1, 0.15) is 0 Å². The van der Waals surface area contributed by atoms with Crippen molar-refractivity contribution in [3.8, 4) is 0 Å². The van der Waals surface area contributed by atoms with E-state index in [1.165, 1.54) is 0 Å². The summed E-state index contributed by atoms with van der Waals surface area (Å²) in [6.45, 7) is 9.27. The molecule has 1 aromatic carbocycles. The van der Waals surface area contributed by atoms with E-state index < -0.39 is 0 Å². The number of fused-ring (bicyclic) bond motifs is 1. The van der Waals surface area contributed by atoms with Gasteiger partial charge in [0.2, 0.25) is 0 Å². The number of nitrogens with one attached hydrogen (secondary N) is 1. The summed E-state index contributed by atoms with van der Waals surface area (Å²) in [6, 6.07) is 5.56. The molecule has 0 saturated carbocycles. The summed E-state index contributed by atoms with van der Waals surface area (Å²) < 4.78 is 0. The maximum absolute atomic E-state index is 12.6.